The molecule has 106 valence electrons. The molecule has 0 bridgehead atoms. The van der Waals surface area contributed by atoms with E-state index in [0.717, 1.165) is 12.1 Å². The molecule has 1 aromatic carbocycles. The number of allylic oxidation sites excluding steroid dienone is 1. The summed E-state index contributed by atoms with van der Waals surface area (Å²) in [6, 6.07) is 8.46. The topological polar surface area (TPSA) is 32.3 Å². The van der Waals surface area contributed by atoms with Crippen molar-refractivity contribution in [2.45, 2.75) is 58.6 Å². The molecule has 1 rings (SSSR count). The molecule has 0 aliphatic carbocycles. The van der Waals surface area contributed by atoms with Gasteiger partial charge in [-0.2, -0.15) is 0 Å². The van der Waals surface area contributed by atoms with E-state index in [1.807, 2.05) is 13.0 Å². The van der Waals surface area contributed by atoms with E-state index in [2.05, 4.69) is 56.4 Å². The molecule has 0 aliphatic rings. The third-order valence-corrected chi connectivity index (χ3v) is 3.30. The average molecular weight is 261 g/mol. The van der Waals surface area contributed by atoms with Crippen LogP contribution in [0.4, 0.5) is 5.69 Å². The Balaban J connectivity index is 2.58. The summed E-state index contributed by atoms with van der Waals surface area (Å²) in [6.45, 7) is 8.49. The maximum Gasteiger partial charge on any atom is 0.0772 e. The molecule has 0 saturated carbocycles. The first-order valence-electron chi connectivity index (χ1n) is 7.24. The maximum atomic E-state index is 10.1. The predicted molar refractivity (Wildman–Crippen MR) is 83.7 cm³/mol. The zero-order valence-electron chi connectivity index (χ0n) is 12.6. The molecule has 0 radical (unpaired) electrons. The van der Waals surface area contributed by atoms with Crippen molar-refractivity contribution in [2.75, 3.05) is 5.32 Å². The number of hydrogen-bond acceptors (Lipinski definition) is 2. The molecule has 0 aromatic heterocycles. The van der Waals surface area contributed by atoms with Gasteiger partial charge in [-0.3, -0.25) is 0 Å². The molecule has 1 unspecified atom stereocenters. The van der Waals surface area contributed by atoms with Gasteiger partial charge in [-0.1, -0.05) is 45.1 Å². The molecule has 0 amide bonds. The maximum absolute atomic E-state index is 10.1. The first-order valence-corrected chi connectivity index (χ1v) is 7.24. The van der Waals surface area contributed by atoms with Crippen molar-refractivity contribution >= 4 is 5.69 Å². The summed E-state index contributed by atoms with van der Waals surface area (Å²) < 4.78 is 0. The van der Waals surface area contributed by atoms with Gasteiger partial charge in [0.1, 0.15) is 0 Å². The molecule has 2 atom stereocenters. The summed E-state index contributed by atoms with van der Waals surface area (Å²) in [5.41, 5.74) is 2.40. The van der Waals surface area contributed by atoms with E-state index >= 15 is 0 Å². The Hall–Kier alpha value is -1.28. The Labute approximate surface area is 117 Å². The molecule has 0 heterocycles. The van der Waals surface area contributed by atoms with Gasteiger partial charge in [-0.15, -0.1) is 0 Å². The largest absolute Gasteiger partial charge is 0.391 e. The number of hydrogen-bond donors (Lipinski definition) is 2. The number of aliphatic hydroxyl groups excluding tert-OH is 1. The van der Waals surface area contributed by atoms with Crippen LogP contribution in [0.15, 0.2) is 36.4 Å². The monoisotopic (exact) mass is 261 g/mol. The second-order valence-electron chi connectivity index (χ2n) is 5.40. The quantitative estimate of drug-likeness (QED) is 0.716. The molecule has 2 nitrogen and oxygen atoms in total. The second kappa shape index (κ2) is 8.00. The van der Waals surface area contributed by atoms with Crippen molar-refractivity contribution in [1.29, 1.82) is 0 Å². The highest BCUT2D eigenvalue weighted by atomic mass is 16.3. The van der Waals surface area contributed by atoms with Gasteiger partial charge in [0.15, 0.2) is 0 Å². The summed E-state index contributed by atoms with van der Waals surface area (Å²) in [4.78, 5) is 0. The van der Waals surface area contributed by atoms with Gasteiger partial charge < -0.3 is 10.4 Å². The van der Waals surface area contributed by atoms with Gasteiger partial charge in [-0.05, 0) is 43.4 Å². The summed E-state index contributed by atoms with van der Waals surface area (Å²) in [7, 11) is 0. The SMILES string of the molecule is CC/C=C\CC(O)[C@H](C)Nc1cccc(C(C)C)c1. The number of rotatable bonds is 7. The van der Waals surface area contributed by atoms with Gasteiger partial charge in [0.2, 0.25) is 0 Å². The van der Waals surface area contributed by atoms with E-state index in [-0.39, 0.29) is 12.1 Å². The third kappa shape index (κ3) is 5.48. The first-order chi connectivity index (χ1) is 9.04. The number of benzene rings is 1. The normalized spacial score (nSPS) is 14.8. The van der Waals surface area contributed by atoms with Crippen LogP contribution in [0.25, 0.3) is 0 Å². The van der Waals surface area contributed by atoms with Crippen LogP contribution in [0.1, 0.15) is 52.0 Å². The fraction of sp³-hybridized carbons (Fsp3) is 0.529. The van der Waals surface area contributed by atoms with E-state index in [1.54, 1.807) is 0 Å². The molecule has 0 aliphatic heterocycles. The van der Waals surface area contributed by atoms with Crippen LogP contribution in [0.5, 0.6) is 0 Å². The minimum Gasteiger partial charge on any atom is -0.391 e. The minimum atomic E-state index is -0.356. The van der Waals surface area contributed by atoms with Gasteiger partial charge in [0, 0.05) is 11.7 Å². The molecular weight excluding hydrogens is 234 g/mol. The summed E-state index contributed by atoms with van der Waals surface area (Å²) in [6.07, 6.45) is 5.50. The molecular formula is C17H27NO. The average Bonchev–Trinajstić information content (AvgIpc) is 2.39. The fourth-order valence-corrected chi connectivity index (χ4v) is 1.95. The molecule has 1 aromatic rings. The van der Waals surface area contributed by atoms with Crippen molar-refractivity contribution in [1.82, 2.24) is 0 Å². The van der Waals surface area contributed by atoms with Gasteiger partial charge in [0.05, 0.1) is 6.10 Å². The number of aliphatic hydroxyl groups is 1. The third-order valence-electron chi connectivity index (χ3n) is 3.30. The van der Waals surface area contributed by atoms with Crippen molar-refractivity contribution < 1.29 is 5.11 Å². The Morgan fingerprint density at radius 2 is 1.95 bits per heavy atom. The van der Waals surface area contributed by atoms with E-state index in [4.69, 9.17) is 0 Å². The Kier molecular flexibility index (Phi) is 6.65. The molecule has 0 spiro atoms. The molecule has 0 fully saturated rings. The van der Waals surface area contributed by atoms with Gasteiger partial charge in [0.25, 0.3) is 0 Å². The van der Waals surface area contributed by atoms with Crippen LogP contribution in [-0.2, 0) is 0 Å². The second-order valence-corrected chi connectivity index (χ2v) is 5.40. The highest BCUT2D eigenvalue weighted by Crippen LogP contribution is 2.19. The number of nitrogens with one attached hydrogen (secondary N) is 1. The smallest absolute Gasteiger partial charge is 0.0772 e. The predicted octanol–water partition coefficient (Wildman–Crippen LogP) is 4.33. The summed E-state index contributed by atoms with van der Waals surface area (Å²) in [5, 5.41) is 13.5. The van der Waals surface area contributed by atoms with Crippen LogP contribution in [0, 0.1) is 0 Å². The van der Waals surface area contributed by atoms with Crippen molar-refractivity contribution in [3.05, 3.63) is 42.0 Å². The summed E-state index contributed by atoms with van der Waals surface area (Å²) in [5.74, 6) is 0.523. The van der Waals surface area contributed by atoms with Crippen LogP contribution in [-0.4, -0.2) is 17.3 Å². The van der Waals surface area contributed by atoms with E-state index in [0.29, 0.717) is 12.3 Å². The number of anilines is 1. The van der Waals surface area contributed by atoms with Gasteiger partial charge >= 0.3 is 0 Å². The Morgan fingerprint density at radius 1 is 1.21 bits per heavy atom. The van der Waals surface area contributed by atoms with Crippen LogP contribution in [0.2, 0.25) is 0 Å². The fourth-order valence-electron chi connectivity index (χ4n) is 1.95. The Bertz CT molecular complexity index is 398. The Morgan fingerprint density at radius 3 is 2.58 bits per heavy atom. The lowest BCUT2D eigenvalue weighted by Crippen LogP contribution is -2.30. The van der Waals surface area contributed by atoms with Gasteiger partial charge in [-0.25, -0.2) is 0 Å². The van der Waals surface area contributed by atoms with E-state index in [9.17, 15) is 5.11 Å². The van der Waals surface area contributed by atoms with Crippen LogP contribution >= 0.6 is 0 Å². The lowest BCUT2D eigenvalue weighted by Gasteiger charge is -2.21. The highest BCUT2D eigenvalue weighted by molar-refractivity contribution is 5.47. The summed E-state index contributed by atoms with van der Waals surface area (Å²) >= 11 is 0. The standard InChI is InChI=1S/C17H27NO/c1-5-6-7-11-17(19)14(4)18-16-10-8-9-15(12-16)13(2)3/h6-10,12-14,17-19H,5,11H2,1-4H3/b7-6-/t14-,17?/m0/s1. The van der Waals surface area contributed by atoms with Crippen molar-refractivity contribution in [3.8, 4) is 0 Å². The zero-order chi connectivity index (χ0) is 14.3. The lowest BCUT2D eigenvalue weighted by atomic mass is 10.0. The minimum absolute atomic E-state index is 0.0453. The van der Waals surface area contributed by atoms with E-state index < -0.39 is 0 Å². The van der Waals surface area contributed by atoms with E-state index in [1.165, 1.54) is 5.56 Å². The first kappa shape index (κ1) is 15.8. The molecule has 2 N–H and O–H groups in total. The zero-order valence-corrected chi connectivity index (χ0v) is 12.6. The van der Waals surface area contributed by atoms with Crippen molar-refractivity contribution in [3.63, 3.8) is 0 Å². The molecule has 2 heteroatoms. The van der Waals surface area contributed by atoms with Crippen LogP contribution in [0.3, 0.4) is 0 Å². The van der Waals surface area contributed by atoms with Crippen molar-refractivity contribution in [2.24, 2.45) is 0 Å². The van der Waals surface area contributed by atoms with Crippen LogP contribution < -0.4 is 5.32 Å². The molecule has 19 heavy (non-hydrogen) atoms. The lowest BCUT2D eigenvalue weighted by molar-refractivity contribution is 0.161. The highest BCUT2D eigenvalue weighted by Gasteiger charge is 2.12. The molecule has 0 saturated heterocycles.